The average Bonchev–Trinajstić information content (AvgIpc) is 3.28. The van der Waals surface area contributed by atoms with E-state index in [1.165, 1.54) is 46.2 Å². The Morgan fingerprint density at radius 3 is 2.96 bits per heavy atom. The number of hydrogen-bond donors (Lipinski definition) is 2. The van der Waals surface area contributed by atoms with E-state index in [1.807, 2.05) is 6.07 Å². The monoisotopic (exact) mass is 428 g/mol. The molecule has 2 aromatic heterocycles. The van der Waals surface area contributed by atoms with Gasteiger partial charge in [-0.1, -0.05) is 40.8 Å². The number of thiophene rings is 1. The SMILES string of the molecule is O=C(CSc1nnc(NCCc2cccs2)s1)Nc1ccc(F)c(Cl)c1. The lowest BCUT2D eigenvalue weighted by atomic mass is 10.3. The van der Waals surface area contributed by atoms with Crippen LogP contribution in [0.3, 0.4) is 0 Å². The van der Waals surface area contributed by atoms with Crippen LogP contribution in [-0.2, 0) is 11.2 Å². The molecule has 0 atom stereocenters. The number of anilines is 2. The van der Waals surface area contributed by atoms with E-state index in [4.69, 9.17) is 11.6 Å². The van der Waals surface area contributed by atoms with E-state index in [-0.39, 0.29) is 16.7 Å². The van der Waals surface area contributed by atoms with E-state index >= 15 is 0 Å². The molecule has 2 N–H and O–H groups in total. The van der Waals surface area contributed by atoms with Gasteiger partial charge in [0.1, 0.15) is 5.82 Å². The van der Waals surface area contributed by atoms with E-state index in [9.17, 15) is 9.18 Å². The predicted molar refractivity (Wildman–Crippen MR) is 107 cm³/mol. The molecule has 0 unspecified atom stereocenters. The zero-order valence-corrected chi connectivity index (χ0v) is 16.6. The van der Waals surface area contributed by atoms with Crippen molar-refractivity contribution >= 4 is 62.8 Å². The zero-order valence-electron chi connectivity index (χ0n) is 13.4. The number of nitrogens with one attached hydrogen (secondary N) is 2. The summed E-state index contributed by atoms with van der Waals surface area (Å²) in [5.74, 6) is -0.564. The fraction of sp³-hybridized carbons (Fsp3) is 0.188. The summed E-state index contributed by atoms with van der Waals surface area (Å²) in [5, 5.41) is 16.8. The van der Waals surface area contributed by atoms with E-state index < -0.39 is 5.82 Å². The Hall–Kier alpha value is -1.68. The van der Waals surface area contributed by atoms with Gasteiger partial charge in [-0.2, -0.15) is 0 Å². The Bertz CT molecular complexity index is 872. The van der Waals surface area contributed by atoms with Gasteiger partial charge in [0.25, 0.3) is 0 Å². The molecule has 3 rings (SSSR count). The van der Waals surface area contributed by atoms with Gasteiger partial charge in [-0.3, -0.25) is 4.79 Å². The van der Waals surface area contributed by atoms with Gasteiger partial charge in [0.05, 0.1) is 10.8 Å². The number of benzene rings is 1. The number of rotatable bonds is 8. The summed E-state index contributed by atoms with van der Waals surface area (Å²) in [6, 6.07) is 8.18. The summed E-state index contributed by atoms with van der Waals surface area (Å²) < 4.78 is 13.8. The molecular formula is C16H14ClFN4OS3. The molecule has 2 heterocycles. The van der Waals surface area contributed by atoms with Crippen LogP contribution >= 0.6 is 46.0 Å². The minimum Gasteiger partial charge on any atom is -0.360 e. The van der Waals surface area contributed by atoms with Crippen molar-refractivity contribution in [2.24, 2.45) is 0 Å². The fourth-order valence-corrected chi connectivity index (χ4v) is 4.45. The van der Waals surface area contributed by atoms with E-state index in [0.717, 1.165) is 18.1 Å². The third kappa shape index (κ3) is 5.66. The second-order valence-electron chi connectivity index (χ2n) is 5.10. The second kappa shape index (κ2) is 9.31. The van der Waals surface area contributed by atoms with Crippen molar-refractivity contribution in [3.8, 4) is 0 Å². The third-order valence-electron chi connectivity index (χ3n) is 3.16. The molecule has 5 nitrogen and oxygen atoms in total. The molecule has 0 aliphatic heterocycles. The van der Waals surface area contributed by atoms with Crippen molar-refractivity contribution < 1.29 is 9.18 Å². The van der Waals surface area contributed by atoms with Crippen molar-refractivity contribution in [2.75, 3.05) is 22.9 Å². The Kier molecular flexibility index (Phi) is 6.84. The van der Waals surface area contributed by atoms with Crippen LogP contribution in [-0.4, -0.2) is 28.4 Å². The first kappa shape index (κ1) is 19.1. The van der Waals surface area contributed by atoms with Crippen LogP contribution in [0.15, 0.2) is 40.1 Å². The highest BCUT2D eigenvalue weighted by Gasteiger charge is 2.09. The number of carbonyl (C=O) groups excluding carboxylic acids is 1. The van der Waals surface area contributed by atoms with Gasteiger partial charge in [0.2, 0.25) is 11.0 Å². The summed E-state index contributed by atoms with van der Waals surface area (Å²) >= 11 is 10.1. The van der Waals surface area contributed by atoms with Gasteiger partial charge in [0, 0.05) is 17.1 Å². The molecule has 0 bridgehead atoms. The molecule has 3 aromatic rings. The molecule has 0 saturated heterocycles. The first-order chi connectivity index (χ1) is 12.6. The third-order valence-corrected chi connectivity index (χ3v) is 6.40. The summed E-state index contributed by atoms with van der Waals surface area (Å²) in [6.07, 6.45) is 0.933. The standard InChI is InChI=1S/C16H14ClFN4OS3/c17-12-8-10(3-4-13(12)18)20-14(23)9-25-16-22-21-15(26-16)19-6-5-11-2-1-7-24-11/h1-4,7-8H,5-6,9H2,(H,19,21)(H,20,23). The number of aromatic nitrogens is 2. The maximum Gasteiger partial charge on any atom is 0.234 e. The predicted octanol–water partition coefficient (Wildman–Crippen LogP) is 4.78. The van der Waals surface area contributed by atoms with E-state index in [2.05, 4.69) is 32.3 Å². The van der Waals surface area contributed by atoms with Crippen LogP contribution in [0.25, 0.3) is 0 Å². The van der Waals surface area contributed by atoms with E-state index in [0.29, 0.717) is 10.0 Å². The van der Waals surface area contributed by atoms with Gasteiger partial charge in [0.15, 0.2) is 4.34 Å². The number of carbonyl (C=O) groups is 1. The van der Waals surface area contributed by atoms with E-state index in [1.54, 1.807) is 11.3 Å². The molecule has 0 aliphatic rings. The second-order valence-corrected chi connectivity index (χ2v) is 8.73. The van der Waals surface area contributed by atoms with Gasteiger partial charge >= 0.3 is 0 Å². The molecule has 26 heavy (non-hydrogen) atoms. The fourth-order valence-electron chi connectivity index (χ4n) is 1.99. The Labute approximate surface area is 167 Å². The van der Waals surface area contributed by atoms with Crippen LogP contribution in [0.4, 0.5) is 15.2 Å². The van der Waals surface area contributed by atoms with Crippen molar-refractivity contribution in [3.05, 3.63) is 51.4 Å². The molecule has 1 amide bonds. The highest BCUT2D eigenvalue weighted by Crippen LogP contribution is 2.26. The van der Waals surface area contributed by atoms with Gasteiger partial charge < -0.3 is 10.6 Å². The van der Waals surface area contributed by atoms with Crippen molar-refractivity contribution in [2.45, 2.75) is 10.8 Å². The molecule has 0 fully saturated rings. The minimum absolute atomic E-state index is 0.0298. The molecule has 0 spiro atoms. The van der Waals surface area contributed by atoms with Gasteiger partial charge in [-0.25, -0.2) is 4.39 Å². The first-order valence-electron chi connectivity index (χ1n) is 7.57. The zero-order chi connectivity index (χ0) is 18.4. The number of thioether (sulfide) groups is 1. The Balaban J connectivity index is 1.42. The molecule has 10 heteroatoms. The first-order valence-corrected chi connectivity index (χ1v) is 10.6. The number of hydrogen-bond acceptors (Lipinski definition) is 7. The number of halogens is 2. The smallest absolute Gasteiger partial charge is 0.234 e. The molecule has 1 aromatic carbocycles. The van der Waals surface area contributed by atoms with Crippen LogP contribution in [0.5, 0.6) is 0 Å². The quantitative estimate of drug-likeness (QED) is 0.505. The summed E-state index contributed by atoms with van der Waals surface area (Å²) in [6.45, 7) is 0.783. The van der Waals surface area contributed by atoms with Gasteiger partial charge in [-0.15, -0.1) is 21.5 Å². The molecule has 0 radical (unpaired) electrons. The topological polar surface area (TPSA) is 66.9 Å². The maximum atomic E-state index is 13.1. The van der Waals surface area contributed by atoms with Crippen LogP contribution in [0.1, 0.15) is 4.88 Å². The van der Waals surface area contributed by atoms with Crippen molar-refractivity contribution in [1.82, 2.24) is 10.2 Å². The average molecular weight is 429 g/mol. The maximum absolute atomic E-state index is 13.1. The lowest BCUT2D eigenvalue weighted by molar-refractivity contribution is -0.113. The summed E-state index contributed by atoms with van der Waals surface area (Å²) in [4.78, 5) is 13.3. The highest BCUT2D eigenvalue weighted by atomic mass is 35.5. The van der Waals surface area contributed by atoms with Crippen LogP contribution in [0, 0.1) is 5.82 Å². The normalized spacial score (nSPS) is 10.7. The van der Waals surface area contributed by atoms with Crippen molar-refractivity contribution in [3.63, 3.8) is 0 Å². The highest BCUT2D eigenvalue weighted by molar-refractivity contribution is 8.01. The lowest BCUT2D eigenvalue weighted by Gasteiger charge is -2.04. The Morgan fingerprint density at radius 1 is 1.31 bits per heavy atom. The Morgan fingerprint density at radius 2 is 2.19 bits per heavy atom. The largest absolute Gasteiger partial charge is 0.360 e. The summed E-state index contributed by atoms with van der Waals surface area (Å²) in [7, 11) is 0. The van der Waals surface area contributed by atoms with Crippen LogP contribution in [0.2, 0.25) is 5.02 Å². The minimum atomic E-state index is -0.521. The lowest BCUT2D eigenvalue weighted by Crippen LogP contribution is -2.13. The molecule has 0 aliphatic carbocycles. The number of amides is 1. The van der Waals surface area contributed by atoms with Gasteiger partial charge in [-0.05, 0) is 36.1 Å². The van der Waals surface area contributed by atoms with Crippen molar-refractivity contribution in [1.29, 1.82) is 0 Å². The molecule has 0 saturated carbocycles. The molecule has 136 valence electrons. The molecular weight excluding hydrogens is 415 g/mol. The summed E-state index contributed by atoms with van der Waals surface area (Å²) in [5.41, 5.74) is 0.454. The number of nitrogens with zero attached hydrogens (tertiary/aromatic N) is 2. The van der Waals surface area contributed by atoms with Crippen LogP contribution < -0.4 is 10.6 Å².